The van der Waals surface area contributed by atoms with E-state index < -0.39 is 5.41 Å². The van der Waals surface area contributed by atoms with E-state index in [9.17, 15) is 15.3 Å². The largest absolute Gasteiger partial charge is 0.349 e. The predicted octanol–water partition coefficient (Wildman–Crippen LogP) is 3.05. The summed E-state index contributed by atoms with van der Waals surface area (Å²) >= 11 is 0. The van der Waals surface area contributed by atoms with Crippen molar-refractivity contribution in [2.24, 2.45) is 5.41 Å². The second-order valence-electron chi connectivity index (χ2n) is 10.6. The molecule has 4 heterocycles. The molecule has 1 spiro atoms. The van der Waals surface area contributed by atoms with Crippen molar-refractivity contribution < 1.29 is 4.79 Å². The number of amides is 1. The number of aromatic nitrogens is 3. The van der Waals surface area contributed by atoms with Crippen molar-refractivity contribution in [3.8, 4) is 12.1 Å². The molecule has 2 aliphatic heterocycles. The van der Waals surface area contributed by atoms with Gasteiger partial charge in [-0.1, -0.05) is 6.42 Å². The molecule has 2 aromatic rings. The highest BCUT2D eigenvalue weighted by molar-refractivity contribution is 5.87. The molecule has 9 heteroatoms. The molecule has 2 aliphatic carbocycles. The fraction of sp³-hybridized carbons (Fsp3) is 0.538. The normalized spacial score (nSPS) is 24.9. The maximum atomic E-state index is 13.1. The second kappa shape index (κ2) is 7.64. The lowest BCUT2D eigenvalue weighted by molar-refractivity contribution is -0.145. The van der Waals surface area contributed by atoms with Crippen LogP contribution < -0.4 is 9.80 Å². The van der Waals surface area contributed by atoms with Crippen LogP contribution in [0.4, 0.5) is 17.5 Å². The summed E-state index contributed by atoms with van der Waals surface area (Å²) in [5.74, 6) is 2.51. The van der Waals surface area contributed by atoms with Gasteiger partial charge in [-0.3, -0.25) is 4.79 Å². The number of carbonyl (C=O) groups excluding carboxylic acids is 1. The van der Waals surface area contributed by atoms with E-state index in [1.165, 1.54) is 12.0 Å². The Labute approximate surface area is 205 Å². The lowest BCUT2D eigenvalue weighted by atomic mass is 9.65. The van der Waals surface area contributed by atoms with Crippen molar-refractivity contribution >= 4 is 23.4 Å². The number of carbonyl (C=O) groups is 1. The first-order chi connectivity index (χ1) is 16.9. The van der Waals surface area contributed by atoms with Crippen LogP contribution >= 0.6 is 0 Å². The third-order valence-electron chi connectivity index (χ3n) is 8.87. The molecular weight excluding hydrogens is 440 g/mol. The molecule has 2 aromatic heterocycles. The number of nitriles is 2. The Morgan fingerprint density at radius 1 is 1.14 bits per heavy atom. The van der Waals surface area contributed by atoms with E-state index >= 15 is 0 Å². The van der Waals surface area contributed by atoms with Crippen LogP contribution in [0.1, 0.15) is 56.6 Å². The first-order valence-corrected chi connectivity index (χ1v) is 12.4. The molecule has 35 heavy (non-hydrogen) atoms. The van der Waals surface area contributed by atoms with E-state index in [4.69, 9.17) is 4.98 Å². The van der Waals surface area contributed by atoms with Crippen LogP contribution in [0.3, 0.4) is 0 Å². The Hall–Kier alpha value is -3.72. The topological polar surface area (TPSA) is 113 Å². The summed E-state index contributed by atoms with van der Waals surface area (Å²) in [5.41, 5.74) is 0.905. The molecule has 0 bridgehead atoms. The Morgan fingerprint density at radius 2 is 1.89 bits per heavy atom. The van der Waals surface area contributed by atoms with E-state index in [-0.39, 0.29) is 23.4 Å². The van der Waals surface area contributed by atoms with Gasteiger partial charge in [-0.2, -0.15) is 10.5 Å². The molecule has 1 saturated heterocycles. The standard InChI is InChI=1S/C26H28N8O/c1-17-19(32(2)24(35)25(14-28)6-3-7-25)13-33(17)22-21-23(31-16-30-22)34(15-26(21)8-4-9-26)20-11-18(12-27)5-10-29-20/h5,10-11,16-17,19H,3-4,6-9,13,15H2,1-2H3. The second-order valence-corrected chi connectivity index (χ2v) is 10.6. The fourth-order valence-corrected chi connectivity index (χ4v) is 6.26. The monoisotopic (exact) mass is 468 g/mol. The average molecular weight is 469 g/mol. The van der Waals surface area contributed by atoms with Crippen LogP contribution in [-0.2, 0) is 10.2 Å². The molecule has 0 radical (unpaired) electrons. The first kappa shape index (κ1) is 21.8. The SMILES string of the molecule is CC1C(N(C)C(=O)C2(C#N)CCC2)CN1c1ncnc2c1C1(CCC1)CN2c1cc(C#N)ccn1. The summed E-state index contributed by atoms with van der Waals surface area (Å²) in [6, 6.07) is 8.15. The highest BCUT2D eigenvalue weighted by Gasteiger charge is 2.54. The number of anilines is 3. The highest BCUT2D eigenvalue weighted by Crippen LogP contribution is 2.56. The summed E-state index contributed by atoms with van der Waals surface area (Å²) < 4.78 is 0. The molecule has 2 atom stereocenters. The molecule has 3 fully saturated rings. The molecule has 178 valence electrons. The molecule has 1 amide bonds. The quantitative estimate of drug-likeness (QED) is 0.673. The summed E-state index contributed by atoms with van der Waals surface area (Å²) in [6.45, 7) is 3.60. The third kappa shape index (κ3) is 2.97. The highest BCUT2D eigenvalue weighted by atomic mass is 16.2. The van der Waals surface area contributed by atoms with Gasteiger partial charge < -0.3 is 14.7 Å². The minimum absolute atomic E-state index is 0.0143. The summed E-state index contributed by atoms with van der Waals surface area (Å²) in [7, 11) is 1.84. The summed E-state index contributed by atoms with van der Waals surface area (Å²) in [4.78, 5) is 33.3. The smallest absolute Gasteiger partial charge is 0.243 e. The first-order valence-electron chi connectivity index (χ1n) is 12.4. The van der Waals surface area contributed by atoms with Crippen LogP contribution in [-0.4, -0.2) is 58.0 Å². The van der Waals surface area contributed by atoms with Gasteiger partial charge >= 0.3 is 0 Å². The van der Waals surface area contributed by atoms with Gasteiger partial charge in [0.25, 0.3) is 0 Å². The average Bonchev–Trinajstić information content (AvgIpc) is 3.20. The Bertz CT molecular complexity index is 1280. The van der Waals surface area contributed by atoms with E-state index in [1.807, 2.05) is 13.1 Å². The van der Waals surface area contributed by atoms with Gasteiger partial charge in [-0.05, 0) is 51.2 Å². The predicted molar refractivity (Wildman–Crippen MR) is 129 cm³/mol. The molecule has 2 saturated carbocycles. The van der Waals surface area contributed by atoms with Gasteiger partial charge in [0, 0.05) is 43.4 Å². The zero-order chi connectivity index (χ0) is 24.4. The zero-order valence-electron chi connectivity index (χ0n) is 20.1. The van der Waals surface area contributed by atoms with Gasteiger partial charge in [0.1, 0.15) is 29.2 Å². The molecular formula is C26H28N8O. The summed E-state index contributed by atoms with van der Waals surface area (Å²) in [5, 5.41) is 19.0. The van der Waals surface area contributed by atoms with Crippen molar-refractivity contribution in [3.05, 3.63) is 35.8 Å². The van der Waals surface area contributed by atoms with Gasteiger partial charge in [0.15, 0.2) is 0 Å². The Kier molecular flexibility index (Phi) is 4.76. The maximum absolute atomic E-state index is 13.1. The minimum atomic E-state index is -0.827. The number of nitrogens with zero attached hydrogens (tertiary/aromatic N) is 8. The lowest BCUT2D eigenvalue weighted by Crippen LogP contribution is -2.68. The minimum Gasteiger partial charge on any atom is -0.349 e. The number of hydrogen-bond donors (Lipinski definition) is 0. The van der Waals surface area contributed by atoms with Gasteiger partial charge in [0.05, 0.1) is 23.7 Å². The molecule has 9 nitrogen and oxygen atoms in total. The number of rotatable bonds is 4. The van der Waals surface area contributed by atoms with Crippen LogP contribution in [0.5, 0.6) is 0 Å². The lowest BCUT2D eigenvalue weighted by Gasteiger charge is -2.53. The van der Waals surface area contributed by atoms with Crippen LogP contribution in [0.15, 0.2) is 24.7 Å². The number of pyridine rings is 1. The van der Waals surface area contributed by atoms with Crippen LogP contribution in [0, 0.1) is 28.1 Å². The molecule has 0 aromatic carbocycles. The molecule has 0 N–H and O–H groups in total. The van der Waals surface area contributed by atoms with Crippen LogP contribution in [0.2, 0.25) is 0 Å². The van der Waals surface area contributed by atoms with Crippen molar-refractivity contribution in [2.75, 3.05) is 29.9 Å². The van der Waals surface area contributed by atoms with Crippen molar-refractivity contribution in [1.82, 2.24) is 19.9 Å². The Balaban J connectivity index is 1.30. The van der Waals surface area contributed by atoms with Crippen LogP contribution in [0.25, 0.3) is 0 Å². The number of fused-ring (bicyclic) bond motifs is 2. The van der Waals surface area contributed by atoms with E-state index in [0.29, 0.717) is 24.9 Å². The molecule has 4 aliphatic rings. The zero-order valence-corrected chi connectivity index (χ0v) is 20.1. The van der Waals surface area contributed by atoms with E-state index in [2.05, 4.69) is 38.8 Å². The summed E-state index contributed by atoms with van der Waals surface area (Å²) in [6.07, 6.45) is 8.86. The van der Waals surface area contributed by atoms with Gasteiger partial charge in [0.2, 0.25) is 5.91 Å². The fourth-order valence-electron chi connectivity index (χ4n) is 6.26. The Morgan fingerprint density at radius 3 is 2.49 bits per heavy atom. The van der Waals surface area contributed by atoms with Gasteiger partial charge in [-0.25, -0.2) is 15.0 Å². The van der Waals surface area contributed by atoms with Crippen molar-refractivity contribution in [2.45, 2.75) is 62.9 Å². The number of hydrogen-bond acceptors (Lipinski definition) is 8. The number of likely N-dealkylation sites (N-methyl/N-ethyl adjacent to an activating group) is 1. The maximum Gasteiger partial charge on any atom is 0.243 e. The van der Waals surface area contributed by atoms with E-state index in [1.54, 1.807) is 23.5 Å². The van der Waals surface area contributed by atoms with E-state index in [0.717, 1.165) is 43.3 Å². The van der Waals surface area contributed by atoms with Crippen molar-refractivity contribution in [3.63, 3.8) is 0 Å². The molecule has 6 rings (SSSR count). The molecule has 2 unspecified atom stereocenters. The van der Waals surface area contributed by atoms with Gasteiger partial charge in [-0.15, -0.1) is 0 Å². The van der Waals surface area contributed by atoms with Crippen molar-refractivity contribution in [1.29, 1.82) is 10.5 Å². The third-order valence-corrected chi connectivity index (χ3v) is 8.87.